The first-order valence-corrected chi connectivity index (χ1v) is 5.09. The fraction of sp³-hybridized carbons (Fsp3) is 0.909. The average Bonchev–Trinajstić information content (AvgIpc) is 2.10. The van der Waals surface area contributed by atoms with Crippen molar-refractivity contribution >= 4 is 5.78 Å². The van der Waals surface area contributed by atoms with Crippen LogP contribution < -0.4 is 0 Å². The Bertz CT molecular complexity index is 141. The number of carbonyl (C=O) groups excluding carboxylic acids is 1. The smallest absolute Gasteiger partial charge is 0.135 e. The van der Waals surface area contributed by atoms with E-state index in [1.807, 2.05) is 6.92 Å². The van der Waals surface area contributed by atoms with Crippen molar-refractivity contribution in [3.8, 4) is 0 Å². The van der Waals surface area contributed by atoms with Gasteiger partial charge in [0.15, 0.2) is 0 Å². The summed E-state index contributed by atoms with van der Waals surface area (Å²) in [5.41, 5.74) is 0. The van der Waals surface area contributed by atoms with Crippen molar-refractivity contribution in [1.29, 1.82) is 0 Å². The summed E-state index contributed by atoms with van der Waals surface area (Å²) in [4.78, 5) is 11.5. The van der Waals surface area contributed by atoms with Crippen LogP contribution in [0, 0.1) is 11.8 Å². The van der Waals surface area contributed by atoms with Gasteiger partial charge in [-0.05, 0) is 18.8 Å². The van der Waals surface area contributed by atoms with Crippen molar-refractivity contribution in [2.45, 2.75) is 40.0 Å². The third kappa shape index (κ3) is 6.76. The van der Waals surface area contributed by atoms with Crippen LogP contribution in [-0.2, 0) is 9.53 Å². The summed E-state index contributed by atoms with van der Waals surface area (Å²) in [5.74, 6) is 1.17. The van der Waals surface area contributed by atoms with E-state index in [0.717, 1.165) is 19.3 Å². The van der Waals surface area contributed by atoms with Gasteiger partial charge in [-0.25, -0.2) is 0 Å². The van der Waals surface area contributed by atoms with Gasteiger partial charge in [-0.3, -0.25) is 4.79 Å². The van der Waals surface area contributed by atoms with Gasteiger partial charge in [-0.2, -0.15) is 0 Å². The van der Waals surface area contributed by atoms with Crippen LogP contribution in [-0.4, -0.2) is 19.5 Å². The molecule has 0 radical (unpaired) electrons. The number of hydrogen-bond acceptors (Lipinski definition) is 2. The van der Waals surface area contributed by atoms with Gasteiger partial charge in [0.1, 0.15) is 5.78 Å². The quantitative estimate of drug-likeness (QED) is 0.611. The number of methoxy groups -OCH3 is 1. The van der Waals surface area contributed by atoms with Gasteiger partial charge in [0, 0.05) is 26.1 Å². The highest BCUT2D eigenvalue weighted by Crippen LogP contribution is 2.11. The number of hydrogen-bond donors (Lipinski definition) is 0. The van der Waals surface area contributed by atoms with Gasteiger partial charge in [-0.15, -0.1) is 0 Å². The predicted molar refractivity (Wildman–Crippen MR) is 54.7 cm³/mol. The Hall–Kier alpha value is -0.370. The molecule has 13 heavy (non-hydrogen) atoms. The predicted octanol–water partition coefficient (Wildman–Crippen LogP) is 2.66. The van der Waals surface area contributed by atoms with Crippen molar-refractivity contribution in [2.75, 3.05) is 13.7 Å². The molecule has 0 N–H and O–H groups in total. The molecule has 1 atom stereocenters. The lowest BCUT2D eigenvalue weighted by Crippen LogP contribution is -2.13. The van der Waals surface area contributed by atoms with Crippen molar-refractivity contribution in [3.63, 3.8) is 0 Å². The molecule has 0 aromatic carbocycles. The SMILES string of the molecule is COCCC(C)C(=O)CCC(C)C. The Labute approximate surface area is 81.7 Å². The van der Waals surface area contributed by atoms with E-state index in [4.69, 9.17) is 4.74 Å². The molecule has 1 unspecified atom stereocenters. The first-order valence-electron chi connectivity index (χ1n) is 5.09. The Kier molecular flexibility index (Phi) is 6.87. The van der Waals surface area contributed by atoms with Gasteiger partial charge >= 0.3 is 0 Å². The van der Waals surface area contributed by atoms with Crippen molar-refractivity contribution in [1.82, 2.24) is 0 Å². The average molecular weight is 186 g/mol. The van der Waals surface area contributed by atoms with Gasteiger partial charge in [0.2, 0.25) is 0 Å². The van der Waals surface area contributed by atoms with Gasteiger partial charge in [-0.1, -0.05) is 20.8 Å². The van der Waals surface area contributed by atoms with E-state index in [1.54, 1.807) is 7.11 Å². The van der Waals surface area contributed by atoms with Crippen LogP contribution in [0.15, 0.2) is 0 Å². The molecule has 78 valence electrons. The maximum absolute atomic E-state index is 11.5. The lowest BCUT2D eigenvalue weighted by atomic mass is 9.96. The first-order chi connectivity index (χ1) is 6.07. The Morgan fingerprint density at radius 1 is 1.23 bits per heavy atom. The molecule has 0 aromatic heterocycles. The zero-order valence-electron chi connectivity index (χ0n) is 9.30. The normalized spacial score (nSPS) is 13.3. The second kappa shape index (κ2) is 7.07. The molecule has 0 amide bonds. The van der Waals surface area contributed by atoms with E-state index in [-0.39, 0.29) is 5.92 Å². The van der Waals surface area contributed by atoms with E-state index >= 15 is 0 Å². The van der Waals surface area contributed by atoms with Crippen molar-refractivity contribution < 1.29 is 9.53 Å². The van der Waals surface area contributed by atoms with E-state index in [0.29, 0.717) is 18.3 Å². The largest absolute Gasteiger partial charge is 0.385 e. The molecule has 2 heteroatoms. The third-order valence-corrected chi connectivity index (χ3v) is 2.27. The number of ether oxygens (including phenoxy) is 1. The Morgan fingerprint density at radius 3 is 2.31 bits per heavy atom. The van der Waals surface area contributed by atoms with Crippen LogP contribution in [0.25, 0.3) is 0 Å². The molecule has 2 nitrogen and oxygen atoms in total. The maximum atomic E-state index is 11.5. The molecular formula is C11H22O2. The number of ketones is 1. The van der Waals surface area contributed by atoms with Crippen molar-refractivity contribution in [2.24, 2.45) is 11.8 Å². The molecule has 0 saturated heterocycles. The monoisotopic (exact) mass is 186 g/mol. The second-order valence-corrected chi connectivity index (χ2v) is 4.08. The van der Waals surface area contributed by atoms with Crippen molar-refractivity contribution in [3.05, 3.63) is 0 Å². The molecule has 0 aliphatic rings. The molecule has 0 rings (SSSR count). The van der Waals surface area contributed by atoms with Gasteiger partial charge in [0.25, 0.3) is 0 Å². The van der Waals surface area contributed by atoms with Gasteiger partial charge in [0.05, 0.1) is 0 Å². The summed E-state index contributed by atoms with van der Waals surface area (Å²) in [5, 5.41) is 0. The molecule has 0 spiro atoms. The van der Waals surface area contributed by atoms with Crippen LogP contribution in [0.1, 0.15) is 40.0 Å². The zero-order chi connectivity index (χ0) is 10.3. The maximum Gasteiger partial charge on any atom is 0.135 e. The third-order valence-electron chi connectivity index (χ3n) is 2.27. The number of Topliss-reactive ketones (excluding diaryl/α,β-unsaturated/α-hetero) is 1. The summed E-state index contributed by atoms with van der Waals surface area (Å²) in [7, 11) is 1.67. The lowest BCUT2D eigenvalue weighted by molar-refractivity contribution is -0.123. The fourth-order valence-electron chi connectivity index (χ4n) is 1.13. The van der Waals surface area contributed by atoms with E-state index in [9.17, 15) is 4.79 Å². The fourth-order valence-corrected chi connectivity index (χ4v) is 1.13. The van der Waals surface area contributed by atoms with Crippen LogP contribution in [0.2, 0.25) is 0 Å². The minimum atomic E-state index is 0.165. The highest BCUT2D eigenvalue weighted by Gasteiger charge is 2.12. The van der Waals surface area contributed by atoms with Crippen LogP contribution in [0.5, 0.6) is 0 Å². The molecule has 0 bridgehead atoms. The molecule has 0 aliphatic heterocycles. The van der Waals surface area contributed by atoms with Crippen LogP contribution >= 0.6 is 0 Å². The Morgan fingerprint density at radius 2 is 1.85 bits per heavy atom. The molecule has 0 heterocycles. The summed E-state index contributed by atoms with van der Waals surface area (Å²) < 4.78 is 4.94. The number of carbonyl (C=O) groups is 1. The standard InChI is InChI=1S/C11H22O2/c1-9(2)5-6-11(12)10(3)7-8-13-4/h9-10H,5-8H2,1-4H3. The molecule has 0 saturated carbocycles. The van der Waals surface area contributed by atoms with Crippen LogP contribution in [0.3, 0.4) is 0 Å². The molecule has 0 aliphatic carbocycles. The summed E-state index contributed by atoms with van der Waals surface area (Å²) in [6, 6.07) is 0. The van der Waals surface area contributed by atoms with E-state index < -0.39 is 0 Å². The molecular weight excluding hydrogens is 164 g/mol. The summed E-state index contributed by atoms with van der Waals surface area (Å²) in [6.07, 6.45) is 2.59. The minimum Gasteiger partial charge on any atom is -0.385 e. The van der Waals surface area contributed by atoms with E-state index in [1.165, 1.54) is 0 Å². The first kappa shape index (κ1) is 12.6. The minimum absolute atomic E-state index is 0.165. The topological polar surface area (TPSA) is 26.3 Å². The second-order valence-electron chi connectivity index (χ2n) is 4.08. The molecule has 0 fully saturated rings. The summed E-state index contributed by atoms with van der Waals surface area (Å²) in [6.45, 7) is 6.97. The Balaban J connectivity index is 3.57. The highest BCUT2D eigenvalue weighted by molar-refractivity contribution is 5.80. The zero-order valence-corrected chi connectivity index (χ0v) is 9.30. The van der Waals surface area contributed by atoms with Gasteiger partial charge < -0.3 is 4.74 Å². The van der Waals surface area contributed by atoms with E-state index in [2.05, 4.69) is 13.8 Å². The molecule has 0 aromatic rings. The van der Waals surface area contributed by atoms with Crippen LogP contribution in [0.4, 0.5) is 0 Å². The summed E-state index contributed by atoms with van der Waals surface area (Å²) >= 11 is 0. The number of rotatable bonds is 7. The highest BCUT2D eigenvalue weighted by atomic mass is 16.5. The lowest BCUT2D eigenvalue weighted by Gasteiger charge is -2.10.